The molecule has 0 aliphatic carbocycles. The minimum atomic E-state index is -0.696. The van der Waals surface area contributed by atoms with Crippen LogP contribution in [-0.4, -0.2) is 34.7 Å². The van der Waals surface area contributed by atoms with Gasteiger partial charge in [-0.05, 0) is 29.1 Å². The molecule has 0 saturated heterocycles. The van der Waals surface area contributed by atoms with Crippen molar-refractivity contribution in [1.82, 2.24) is 20.4 Å². The van der Waals surface area contributed by atoms with E-state index in [1.165, 1.54) is 0 Å². The van der Waals surface area contributed by atoms with E-state index in [0.29, 0.717) is 0 Å². The molecule has 0 radical (unpaired) electrons. The summed E-state index contributed by atoms with van der Waals surface area (Å²) in [5, 5.41) is 11.5. The lowest BCUT2D eigenvalue weighted by molar-refractivity contribution is -0.139. The van der Waals surface area contributed by atoms with E-state index in [1.807, 2.05) is 79.0 Å². The summed E-state index contributed by atoms with van der Waals surface area (Å²) < 4.78 is 7.49. The highest BCUT2D eigenvalue weighted by Crippen LogP contribution is 2.24. The summed E-state index contributed by atoms with van der Waals surface area (Å²) in [6.45, 7) is 0.698. The van der Waals surface area contributed by atoms with Crippen molar-refractivity contribution < 1.29 is 14.3 Å². The molecule has 0 aliphatic heterocycles. The molecule has 31 heavy (non-hydrogen) atoms. The maximum absolute atomic E-state index is 12.2. The third kappa shape index (κ3) is 4.90. The van der Waals surface area contributed by atoms with Crippen LogP contribution in [0.1, 0.15) is 5.56 Å². The van der Waals surface area contributed by atoms with Gasteiger partial charge in [0.05, 0.1) is 12.2 Å². The summed E-state index contributed by atoms with van der Waals surface area (Å²) >= 11 is 0. The van der Waals surface area contributed by atoms with Gasteiger partial charge in [-0.15, -0.1) is 0 Å². The lowest BCUT2D eigenvalue weighted by Crippen LogP contribution is -2.41. The van der Waals surface area contributed by atoms with Crippen LogP contribution < -0.4 is 15.4 Å². The molecule has 0 saturated carbocycles. The Morgan fingerprint density at radius 1 is 0.871 bits per heavy atom. The molecule has 1 aromatic heterocycles. The molecule has 7 heteroatoms. The number of carbonyl (C=O) groups excluding carboxylic acids is 2. The summed E-state index contributed by atoms with van der Waals surface area (Å²) in [6, 6.07) is 23.1. The van der Waals surface area contributed by atoms with Gasteiger partial charge in [-0.2, -0.15) is 5.10 Å². The first-order valence-electron chi connectivity index (χ1n) is 9.97. The molecular weight excluding hydrogens is 392 g/mol. The molecule has 0 spiro atoms. The van der Waals surface area contributed by atoms with Gasteiger partial charge in [-0.1, -0.05) is 54.6 Å². The van der Waals surface area contributed by atoms with Crippen molar-refractivity contribution in [3.8, 4) is 11.4 Å². The standard InChI is InChI=1S/C24H22N4O3/c29-23(25-14-16-31-22-12-5-9-18-7-1-3-10-20(18)22)24(30)26-17-19-8-2-4-11-21(19)28-15-6-13-27-28/h1-13,15H,14,16-17H2,(H,25,29)(H,26,30). The molecule has 3 aromatic carbocycles. The number of carbonyl (C=O) groups is 2. The second-order valence-electron chi connectivity index (χ2n) is 6.84. The fraction of sp³-hybridized carbons (Fsp3) is 0.125. The average Bonchev–Trinajstić information content (AvgIpc) is 3.35. The van der Waals surface area contributed by atoms with Crippen LogP contribution in [0.3, 0.4) is 0 Å². The second kappa shape index (κ2) is 9.58. The summed E-state index contributed by atoms with van der Waals surface area (Å²) in [6.07, 6.45) is 3.51. The van der Waals surface area contributed by atoms with Crippen molar-refractivity contribution in [1.29, 1.82) is 0 Å². The second-order valence-corrected chi connectivity index (χ2v) is 6.84. The summed E-state index contributed by atoms with van der Waals surface area (Å²) in [7, 11) is 0. The first-order valence-corrected chi connectivity index (χ1v) is 9.97. The number of ether oxygens (including phenoxy) is 1. The third-order valence-corrected chi connectivity index (χ3v) is 4.78. The van der Waals surface area contributed by atoms with E-state index in [9.17, 15) is 9.59 Å². The first-order chi connectivity index (χ1) is 15.2. The minimum absolute atomic E-state index is 0.217. The van der Waals surface area contributed by atoms with Crippen LogP contribution >= 0.6 is 0 Å². The highest BCUT2D eigenvalue weighted by molar-refractivity contribution is 6.35. The third-order valence-electron chi connectivity index (χ3n) is 4.78. The van der Waals surface area contributed by atoms with Crippen molar-refractivity contribution in [2.45, 2.75) is 6.54 Å². The Morgan fingerprint density at radius 2 is 1.65 bits per heavy atom. The van der Waals surface area contributed by atoms with E-state index in [2.05, 4.69) is 15.7 Å². The van der Waals surface area contributed by atoms with E-state index < -0.39 is 11.8 Å². The Morgan fingerprint density at radius 3 is 2.52 bits per heavy atom. The van der Waals surface area contributed by atoms with Crippen molar-refractivity contribution in [2.75, 3.05) is 13.2 Å². The van der Waals surface area contributed by atoms with Crippen LogP contribution in [0.15, 0.2) is 85.2 Å². The van der Waals surface area contributed by atoms with Gasteiger partial charge in [0.15, 0.2) is 0 Å². The molecule has 0 fully saturated rings. The highest BCUT2D eigenvalue weighted by atomic mass is 16.5. The van der Waals surface area contributed by atoms with Crippen LogP contribution in [0.4, 0.5) is 0 Å². The maximum atomic E-state index is 12.2. The molecule has 2 N–H and O–H groups in total. The summed E-state index contributed by atoms with van der Waals surface area (Å²) in [4.78, 5) is 24.3. The van der Waals surface area contributed by atoms with Gasteiger partial charge in [-0.25, -0.2) is 4.68 Å². The summed E-state index contributed by atoms with van der Waals surface area (Å²) in [5.74, 6) is -0.648. The lowest BCUT2D eigenvalue weighted by Gasteiger charge is -2.11. The summed E-state index contributed by atoms with van der Waals surface area (Å²) in [5.41, 5.74) is 1.70. The molecule has 7 nitrogen and oxygen atoms in total. The largest absolute Gasteiger partial charge is 0.491 e. The zero-order chi connectivity index (χ0) is 21.5. The Labute approximate surface area is 179 Å². The van der Waals surface area contributed by atoms with Crippen LogP contribution in [0.5, 0.6) is 5.75 Å². The van der Waals surface area contributed by atoms with Gasteiger partial charge in [0.1, 0.15) is 12.4 Å². The van der Waals surface area contributed by atoms with Crippen LogP contribution in [0, 0.1) is 0 Å². The molecule has 2 amide bonds. The smallest absolute Gasteiger partial charge is 0.309 e. The molecule has 0 unspecified atom stereocenters. The van der Waals surface area contributed by atoms with Gasteiger partial charge < -0.3 is 15.4 Å². The predicted octanol–water partition coefficient (Wildman–Crippen LogP) is 2.84. The molecule has 0 aliphatic rings. The molecule has 4 rings (SSSR count). The Kier molecular flexibility index (Phi) is 6.23. The van der Waals surface area contributed by atoms with Gasteiger partial charge in [0.2, 0.25) is 0 Å². The normalized spacial score (nSPS) is 10.6. The number of amides is 2. The monoisotopic (exact) mass is 414 g/mol. The van der Waals surface area contributed by atoms with E-state index in [1.54, 1.807) is 10.9 Å². The van der Waals surface area contributed by atoms with Gasteiger partial charge in [-0.3, -0.25) is 9.59 Å². The van der Waals surface area contributed by atoms with E-state index in [-0.39, 0.29) is 19.7 Å². The van der Waals surface area contributed by atoms with E-state index in [4.69, 9.17) is 4.74 Å². The predicted molar refractivity (Wildman–Crippen MR) is 118 cm³/mol. The molecule has 0 atom stereocenters. The number of fused-ring (bicyclic) bond motifs is 1. The first kappa shape index (κ1) is 20.2. The zero-order valence-corrected chi connectivity index (χ0v) is 16.8. The molecule has 0 bridgehead atoms. The number of benzene rings is 3. The van der Waals surface area contributed by atoms with Crippen LogP contribution in [-0.2, 0) is 16.1 Å². The molecule has 4 aromatic rings. The lowest BCUT2D eigenvalue weighted by atomic mass is 10.1. The van der Waals surface area contributed by atoms with Crippen LogP contribution in [0.2, 0.25) is 0 Å². The molecular formula is C24H22N4O3. The minimum Gasteiger partial charge on any atom is -0.491 e. The Hall–Kier alpha value is -4.13. The fourth-order valence-corrected chi connectivity index (χ4v) is 3.28. The Balaban J connectivity index is 1.26. The number of hydrogen-bond acceptors (Lipinski definition) is 4. The molecule has 1 heterocycles. The SMILES string of the molecule is O=C(NCCOc1cccc2ccccc12)C(=O)NCc1ccccc1-n1cccn1. The van der Waals surface area contributed by atoms with Crippen molar-refractivity contribution in [2.24, 2.45) is 0 Å². The van der Waals surface area contributed by atoms with Crippen molar-refractivity contribution >= 4 is 22.6 Å². The topological polar surface area (TPSA) is 85.2 Å². The molecule has 156 valence electrons. The number of nitrogens with one attached hydrogen (secondary N) is 2. The zero-order valence-electron chi connectivity index (χ0n) is 16.8. The van der Waals surface area contributed by atoms with Gasteiger partial charge in [0.25, 0.3) is 0 Å². The van der Waals surface area contributed by atoms with Crippen LogP contribution in [0.25, 0.3) is 16.5 Å². The Bertz CT molecular complexity index is 1180. The number of aromatic nitrogens is 2. The number of nitrogens with zero attached hydrogens (tertiary/aromatic N) is 2. The van der Waals surface area contributed by atoms with Crippen molar-refractivity contribution in [3.63, 3.8) is 0 Å². The quantitative estimate of drug-likeness (QED) is 0.360. The average molecular weight is 414 g/mol. The fourth-order valence-electron chi connectivity index (χ4n) is 3.28. The van der Waals surface area contributed by atoms with Crippen molar-refractivity contribution in [3.05, 3.63) is 90.8 Å². The highest BCUT2D eigenvalue weighted by Gasteiger charge is 2.14. The number of hydrogen-bond donors (Lipinski definition) is 2. The van der Waals surface area contributed by atoms with E-state index >= 15 is 0 Å². The van der Waals surface area contributed by atoms with Gasteiger partial charge in [0, 0.05) is 24.3 Å². The van der Waals surface area contributed by atoms with Gasteiger partial charge >= 0.3 is 11.8 Å². The maximum Gasteiger partial charge on any atom is 0.309 e. The number of para-hydroxylation sites is 1. The van der Waals surface area contributed by atoms with E-state index in [0.717, 1.165) is 27.8 Å². The number of rotatable bonds is 7.